The summed E-state index contributed by atoms with van der Waals surface area (Å²) in [4.78, 5) is 28.3. The molecule has 0 spiro atoms. The largest absolute Gasteiger partial charge is 0.443 e. The van der Waals surface area contributed by atoms with Crippen LogP contribution in [0.4, 0.5) is 16.2 Å². The molecule has 0 saturated carbocycles. The number of ether oxygens (including phenoxy) is 1. The molecule has 23 heavy (non-hydrogen) atoms. The van der Waals surface area contributed by atoms with Crippen LogP contribution in [0.1, 0.15) is 20.8 Å². The minimum Gasteiger partial charge on any atom is -0.443 e. The van der Waals surface area contributed by atoms with Crippen molar-refractivity contribution < 1.29 is 14.5 Å². The third-order valence-corrected chi connectivity index (χ3v) is 3.47. The summed E-state index contributed by atoms with van der Waals surface area (Å²) in [7, 11) is 1.44. The number of carbonyl (C=O) groups is 1. The summed E-state index contributed by atoms with van der Waals surface area (Å²) in [5, 5.41) is 11.8. The van der Waals surface area contributed by atoms with Crippen molar-refractivity contribution in [3.05, 3.63) is 39.0 Å². The number of anilines is 1. The number of aromatic nitrogens is 1. The zero-order chi connectivity index (χ0) is 17.4. The van der Waals surface area contributed by atoms with Gasteiger partial charge in [0.2, 0.25) is 0 Å². The summed E-state index contributed by atoms with van der Waals surface area (Å²) in [5.74, 6) is 0. The summed E-state index contributed by atoms with van der Waals surface area (Å²) < 4.78 is 6.03. The molecule has 0 aliphatic rings. The van der Waals surface area contributed by atoms with E-state index in [-0.39, 0.29) is 11.4 Å². The maximum Gasteiger partial charge on any atom is 0.414 e. The first kappa shape index (κ1) is 17.1. The van der Waals surface area contributed by atoms with Crippen LogP contribution < -0.4 is 4.90 Å². The van der Waals surface area contributed by atoms with E-state index in [1.54, 1.807) is 39.0 Å². The number of amides is 1. The molecule has 0 saturated heterocycles. The van der Waals surface area contributed by atoms with Crippen LogP contribution in [-0.2, 0) is 4.74 Å². The SMILES string of the molecule is CN(C(=O)OC(C)(C)C)c1c([N+](=O)[O-])cnc2ccc(Br)cc12. The Bertz CT molecular complexity index is 786. The van der Waals surface area contributed by atoms with Gasteiger partial charge in [0.25, 0.3) is 0 Å². The Hall–Kier alpha value is -2.22. The Morgan fingerprint density at radius 1 is 1.39 bits per heavy atom. The Morgan fingerprint density at radius 2 is 2.04 bits per heavy atom. The smallest absolute Gasteiger partial charge is 0.414 e. The highest BCUT2D eigenvalue weighted by Crippen LogP contribution is 2.36. The van der Waals surface area contributed by atoms with Gasteiger partial charge in [-0.25, -0.2) is 9.78 Å². The van der Waals surface area contributed by atoms with Crippen LogP contribution in [0.25, 0.3) is 10.9 Å². The third-order valence-electron chi connectivity index (χ3n) is 2.98. The van der Waals surface area contributed by atoms with Gasteiger partial charge in [-0.05, 0) is 39.0 Å². The van der Waals surface area contributed by atoms with Crippen molar-refractivity contribution in [2.24, 2.45) is 0 Å². The number of nitro groups is 1. The predicted molar refractivity (Wildman–Crippen MR) is 90.7 cm³/mol. The van der Waals surface area contributed by atoms with Gasteiger partial charge in [0.05, 0.1) is 10.4 Å². The zero-order valence-electron chi connectivity index (χ0n) is 13.2. The molecule has 8 heteroatoms. The second kappa shape index (κ2) is 6.11. The van der Waals surface area contributed by atoms with Crippen LogP contribution in [0.15, 0.2) is 28.9 Å². The van der Waals surface area contributed by atoms with E-state index in [1.807, 2.05) is 0 Å². The van der Waals surface area contributed by atoms with E-state index in [1.165, 1.54) is 7.05 Å². The molecule has 1 aromatic carbocycles. The number of hydrogen-bond donors (Lipinski definition) is 0. The van der Waals surface area contributed by atoms with Crippen LogP contribution in [0.2, 0.25) is 0 Å². The molecule has 0 radical (unpaired) electrons. The maximum atomic E-state index is 12.3. The lowest BCUT2D eigenvalue weighted by atomic mass is 10.1. The molecule has 0 fully saturated rings. The Morgan fingerprint density at radius 3 is 2.61 bits per heavy atom. The van der Waals surface area contributed by atoms with Crippen LogP contribution in [-0.4, -0.2) is 28.6 Å². The molecule has 7 nitrogen and oxygen atoms in total. The van der Waals surface area contributed by atoms with Gasteiger partial charge in [0.1, 0.15) is 17.5 Å². The minimum absolute atomic E-state index is 0.149. The molecule has 2 aromatic rings. The first-order chi connectivity index (χ1) is 10.6. The number of pyridine rings is 1. The number of halogens is 1. The quantitative estimate of drug-likeness (QED) is 0.572. The Balaban J connectivity index is 2.64. The molecule has 1 heterocycles. The van der Waals surface area contributed by atoms with E-state index in [2.05, 4.69) is 20.9 Å². The average molecular weight is 382 g/mol. The topological polar surface area (TPSA) is 85.6 Å². The molecule has 0 atom stereocenters. The number of nitrogens with zero attached hydrogens (tertiary/aromatic N) is 3. The summed E-state index contributed by atoms with van der Waals surface area (Å²) in [6, 6.07) is 5.18. The van der Waals surface area contributed by atoms with Gasteiger partial charge in [0.15, 0.2) is 0 Å². The zero-order valence-corrected chi connectivity index (χ0v) is 14.7. The Labute approximate surface area is 141 Å². The Kier molecular flexibility index (Phi) is 4.56. The fourth-order valence-electron chi connectivity index (χ4n) is 2.05. The maximum absolute atomic E-state index is 12.3. The minimum atomic E-state index is -0.705. The van der Waals surface area contributed by atoms with Gasteiger partial charge in [0, 0.05) is 16.9 Å². The number of rotatable bonds is 2. The lowest BCUT2D eigenvalue weighted by Gasteiger charge is -2.25. The summed E-state index contributed by atoms with van der Waals surface area (Å²) in [5.41, 5.74) is -0.271. The van der Waals surface area contributed by atoms with E-state index >= 15 is 0 Å². The molecule has 0 bridgehead atoms. The van der Waals surface area contributed by atoms with Gasteiger partial charge in [-0.3, -0.25) is 15.0 Å². The normalized spacial score (nSPS) is 11.3. The van der Waals surface area contributed by atoms with Crippen molar-refractivity contribution in [1.82, 2.24) is 4.98 Å². The number of carbonyl (C=O) groups excluding carboxylic acids is 1. The second-order valence-corrected chi connectivity index (χ2v) is 6.87. The van der Waals surface area contributed by atoms with E-state index in [9.17, 15) is 14.9 Å². The predicted octanol–water partition coefficient (Wildman–Crippen LogP) is 4.28. The fourth-order valence-corrected chi connectivity index (χ4v) is 2.41. The number of fused-ring (bicyclic) bond motifs is 1. The van der Waals surface area contributed by atoms with Crippen molar-refractivity contribution in [1.29, 1.82) is 0 Å². The molecular formula is C15H16BrN3O4. The molecule has 2 rings (SSSR count). The lowest BCUT2D eigenvalue weighted by molar-refractivity contribution is -0.384. The molecule has 1 aromatic heterocycles. The molecule has 1 amide bonds. The van der Waals surface area contributed by atoms with Crippen LogP contribution in [0.3, 0.4) is 0 Å². The van der Waals surface area contributed by atoms with Crippen LogP contribution in [0.5, 0.6) is 0 Å². The van der Waals surface area contributed by atoms with Gasteiger partial charge >= 0.3 is 11.8 Å². The van der Waals surface area contributed by atoms with Gasteiger partial charge in [-0.15, -0.1) is 0 Å². The lowest BCUT2D eigenvalue weighted by Crippen LogP contribution is -2.34. The van der Waals surface area contributed by atoms with Crippen molar-refractivity contribution in [2.45, 2.75) is 26.4 Å². The number of benzene rings is 1. The summed E-state index contributed by atoms with van der Waals surface area (Å²) >= 11 is 3.33. The van der Waals surface area contributed by atoms with E-state index in [4.69, 9.17) is 4.74 Å². The first-order valence-corrected chi connectivity index (χ1v) is 7.59. The van der Waals surface area contributed by atoms with Crippen LogP contribution >= 0.6 is 15.9 Å². The highest BCUT2D eigenvalue weighted by atomic mass is 79.9. The molecular weight excluding hydrogens is 366 g/mol. The summed E-state index contributed by atoms with van der Waals surface area (Å²) in [6.45, 7) is 5.19. The van der Waals surface area contributed by atoms with Gasteiger partial charge in [-0.1, -0.05) is 15.9 Å². The van der Waals surface area contributed by atoms with Crippen molar-refractivity contribution in [3.8, 4) is 0 Å². The first-order valence-electron chi connectivity index (χ1n) is 6.79. The molecule has 0 aliphatic heterocycles. The molecule has 0 N–H and O–H groups in total. The number of hydrogen-bond acceptors (Lipinski definition) is 5. The van der Waals surface area contributed by atoms with Crippen molar-refractivity contribution >= 4 is 44.3 Å². The molecule has 0 aliphatic carbocycles. The van der Waals surface area contributed by atoms with Crippen molar-refractivity contribution in [2.75, 3.05) is 11.9 Å². The van der Waals surface area contributed by atoms with E-state index in [0.717, 1.165) is 15.6 Å². The van der Waals surface area contributed by atoms with Gasteiger partial charge < -0.3 is 4.74 Å². The summed E-state index contributed by atoms with van der Waals surface area (Å²) in [6.07, 6.45) is 0.472. The second-order valence-electron chi connectivity index (χ2n) is 5.95. The van der Waals surface area contributed by atoms with Crippen molar-refractivity contribution in [3.63, 3.8) is 0 Å². The average Bonchev–Trinajstić information content (AvgIpc) is 2.43. The monoisotopic (exact) mass is 381 g/mol. The van der Waals surface area contributed by atoms with Crippen LogP contribution in [0, 0.1) is 10.1 Å². The molecule has 122 valence electrons. The van der Waals surface area contributed by atoms with E-state index < -0.39 is 16.6 Å². The fraction of sp³-hybridized carbons (Fsp3) is 0.333. The molecule has 0 unspecified atom stereocenters. The van der Waals surface area contributed by atoms with E-state index in [0.29, 0.717) is 10.9 Å². The highest BCUT2D eigenvalue weighted by Gasteiger charge is 2.28. The third kappa shape index (κ3) is 3.76. The highest BCUT2D eigenvalue weighted by molar-refractivity contribution is 9.10. The van der Waals surface area contributed by atoms with Gasteiger partial charge in [-0.2, -0.15) is 0 Å². The standard InChI is InChI=1S/C15H16BrN3O4/c1-15(2,3)23-14(20)18(4)13-10-7-9(16)5-6-11(10)17-8-12(13)19(21)22/h5-8H,1-4H3.